The number of para-hydroxylation sites is 1. The summed E-state index contributed by atoms with van der Waals surface area (Å²) in [5.41, 5.74) is 1.94. The Bertz CT molecular complexity index is 833. The lowest BCUT2D eigenvalue weighted by atomic mass is 10.1. The first-order valence-electron chi connectivity index (χ1n) is 6.82. The standard InChI is InChI=1S/C16H12N5S.BrH/c1-3-7-13(8-4-1)15-18-19-20-21(15,16-17-11-12-22-16)14-9-5-2-6-10-14;/h1-12H;1H/q+1;/p-1. The molecule has 1 aliphatic rings. The van der Waals surface area contributed by atoms with E-state index in [0.717, 1.165) is 22.2 Å². The Labute approximate surface area is 148 Å². The summed E-state index contributed by atoms with van der Waals surface area (Å²) in [6.45, 7) is 0. The van der Waals surface area contributed by atoms with Crippen LogP contribution in [0.25, 0.3) is 0 Å². The van der Waals surface area contributed by atoms with Gasteiger partial charge in [0.2, 0.25) is 0 Å². The number of halogens is 1. The number of aromatic nitrogens is 1. The van der Waals surface area contributed by atoms with Crippen molar-refractivity contribution in [2.75, 3.05) is 0 Å². The summed E-state index contributed by atoms with van der Waals surface area (Å²) in [5, 5.41) is 15.5. The molecule has 23 heavy (non-hydrogen) atoms. The monoisotopic (exact) mass is 385 g/mol. The van der Waals surface area contributed by atoms with Crippen LogP contribution in [0.3, 0.4) is 0 Å². The number of thiazole rings is 1. The lowest BCUT2D eigenvalue weighted by Crippen LogP contribution is -3.00. The van der Waals surface area contributed by atoms with Gasteiger partial charge in [-0.3, -0.25) is 0 Å². The molecule has 1 aliphatic heterocycles. The van der Waals surface area contributed by atoms with Crippen molar-refractivity contribution in [3.05, 3.63) is 77.8 Å². The van der Waals surface area contributed by atoms with Gasteiger partial charge >= 0.3 is 5.13 Å². The van der Waals surface area contributed by atoms with Gasteiger partial charge in [0.05, 0.1) is 10.8 Å². The molecule has 0 bridgehead atoms. The first-order chi connectivity index (χ1) is 10.9. The summed E-state index contributed by atoms with van der Waals surface area (Å²) in [7, 11) is 0. The smallest absolute Gasteiger partial charge is 0.326 e. The zero-order chi connectivity index (χ0) is 14.8. The molecule has 1 unspecified atom stereocenters. The molecule has 0 fully saturated rings. The molecular weight excluding hydrogens is 374 g/mol. The van der Waals surface area contributed by atoms with Crippen LogP contribution in [0.4, 0.5) is 10.8 Å². The van der Waals surface area contributed by atoms with Crippen LogP contribution in [0.1, 0.15) is 5.56 Å². The number of rotatable bonds is 3. The molecule has 1 atom stereocenters. The topological polar surface area (TPSA) is 50.0 Å². The Morgan fingerprint density at radius 2 is 1.57 bits per heavy atom. The highest BCUT2D eigenvalue weighted by Gasteiger charge is 2.48. The van der Waals surface area contributed by atoms with Gasteiger partial charge in [-0.2, -0.15) is 4.98 Å². The molecule has 0 spiro atoms. The summed E-state index contributed by atoms with van der Waals surface area (Å²) in [4.78, 5) is 4.48. The van der Waals surface area contributed by atoms with Gasteiger partial charge in [-0.15, -0.1) is 0 Å². The number of hydrogen-bond acceptors (Lipinski definition) is 5. The van der Waals surface area contributed by atoms with Gasteiger partial charge in [0, 0.05) is 28.9 Å². The Balaban J connectivity index is 0.00000156. The van der Waals surface area contributed by atoms with E-state index in [9.17, 15) is 0 Å². The normalized spacial score (nSPS) is 19.2. The van der Waals surface area contributed by atoms with E-state index in [-0.39, 0.29) is 21.6 Å². The van der Waals surface area contributed by atoms with Crippen molar-refractivity contribution in [1.82, 2.24) is 9.58 Å². The fourth-order valence-corrected chi connectivity index (χ4v) is 3.24. The summed E-state index contributed by atoms with van der Waals surface area (Å²) in [6, 6.07) is 20.0. The fraction of sp³-hybridized carbons (Fsp3) is 0. The SMILES string of the molecule is [Br-].c1ccc(C2=NN=N[N+]2(c2ccccc2)c2nccs2)cc1. The lowest BCUT2D eigenvalue weighted by Gasteiger charge is -2.23. The molecule has 3 aromatic rings. The van der Waals surface area contributed by atoms with E-state index < -0.39 is 0 Å². The van der Waals surface area contributed by atoms with Gasteiger partial charge in [-0.1, -0.05) is 52.8 Å². The molecule has 0 amide bonds. The van der Waals surface area contributed by atoms with Gasteiger partial charge in [-0.05, 0) is 16.7 Å². The number of nitrogens with zero attached hydrogens (tertiary/aromatic N) is 5. The minimum atomic E-state index is 0. The van der Waals surface area contributed by atoms with E-state index in [1.165, 1.54) is 11.3 Å². The number of hydrogen-bond donors (Lipinski definition) is 0. The molecular formula is C16H12BrN5S. The number of benzene rings is 2. The van der Waals surface area contributed by atoms with E-state index in [1.807, 2.05) is 66.0 Å². The molecule has 0 saturated heterocycles. The molecule has 5 nitrogen and oxygen atoms in total. The van der Waals surface area contributed by atoms with Crippen molar-refractivity contribution in [2.45, 2.75) is 0 Å². The highest BCUT2D eigenvalue weighted by Crippen LogP contribution is 2.41. The van der Waals surface area contributed by atoms with Crippen LogP contribution >= 0.6 is 11.3 Å². The first-order valence-corrected chi connectivity index (χ1v) is 7.70. The molecule has 0 saturated carbocycles. The Hall–Kier alpha value is -2.22. The molecule has 2 aromatic carbocycles. The van der Waals surface area contributed by atoms with Gasteiger partial charge in [0.15, 0.2) is 5.69 Å². The second-order valence-corrected chi connectivity index (χ2v) is 5.63. The predicted octanol–water partition coefficient (Wildman–Crippen LogP) is 1.53. The molecule has 7 heteroatoms. The van der Waals surface area contributed by atoms with Crippen LogP contribution in [0.5, 0.6) is 0 Å². The maximum atomic E-state index is 4.48. The molecule has 0 aliphatic carbocycles. The minimum Gasteiger partial charge on any atom is -1.00 e. The molecule has 1 aromatic heterocycles. The maximum Gasteiger partial charge on any atom is 0.326 e. The summed E-state index contributed by atoms with van der Waals surface area (Å²) < 4.78 is 0.0719. The quantitative estimate of drug-likeness (QED) is 0.630. The van der Waals surface area contributed by atoms with Gasteiger partial charge < -0.3 is 17.0 Å². The van der Waals surface area contributed by atoms with Crippen molar-refractivity contribution in [3.8, 4) is 0 Å². The van der Waals surface area contributed by atoms with Crippen LogP contribution in [0, 0.1) is 0 Å². The molecule has 2 heterocycles. The summed E-state index contributed by atoms with van der Waals surface area (Å²) >= 11 is 1.54. The van der Waals surface area contributed by atoms with Crippen molar-refractivity contribution >= 4 is 28.0 Å². The van der Waals surface area contributed by atoms with Gasteiger partial charge in [0.1, 0.15) is 0 Å². The van der Waals surface area contributed by atoms with Crippen molar-refractivity contribution in [3.63, 3.8) is 0 Å². The van der Waals surface area contributed by atoms with Crippen LogP contribution in [0.2, 0.25) is 0 Å². The fourth-order valence-electron chi connectivity index (χ4n) is 2.49. The first kappa shape index (κ1) is 15.7. The zero-order valence-electron chi connectivity index (χ0n) is 12.0. The van der Waals surface area contributed by atoms with Crippen LogP contribution < -0.4 is 21.6 Å². The third-order valence-corrected chi connectivity index (χ3v) is 4.32. The molecule has 0 N–H and O–H groups in total. The van der Waals surface area contributed by atoms with Crippen LogP contribution in [-0.4, -0.2) is 10.8 Å². The highest BCUT2D eigenvalue weighted by molar-refractivity contribution is 7.13. The Kier molecular flexibility index (Phi) is 4.42. The van der Waals surface area contributed by atoms with Crippen molar-refractivity contribution in [1.29, 1.82) is 0 Å². The minimum absolute atomic E-state index is 0. The summed E-state index contributed by atoms with van der Waals surface area (Å²) in [5.74, 6) is 0.752. The Morgan fingerprint density at radius 3 is 2.22 bits per heavy atom. The number of amidine groups is 1. The average molecular weight is 386 g/mol. The van der Waals surface area contributed by atoms with Crippen molar-refractivity contribution in [2.24, 2.45) is 15.5 Å². The highest BCUT2D eigenvalue weighted by atomic mass is 79.9. The molecule has 114 valence electrons. The average Bonchev–Trinajstić information content (AvgIpc) is 3.26. The molecule has 4 rings (SSSR count). The van der Waals surface area contributed by atoms with E-state index in [2.05, 4.69) is 20.5 Å². The van der Waals surface area contributed by atoms with E-state index in [4.69, 9.17) is 0 Å². The van der Waals surface area contributed by atoms with Crippen LogP contribution in [0.15, 0.2) is 87.8 Å². The van der Waals surface area contributed by atoms with Gasteiger partial charge in [0.25, 0.3) is 5.84 Å². The second kappa shape index (κ2) is 6.49. The largest absolute Gasteiger partial charge is 1.00 e. The molecule has 0 radical (unpaired) electrons. The van der Waals surface area contributed by atoms with Crippen LogP contribution in [-0.2, 0) is 0 Å². The Morgan fingerprint density at radius 1 is 0.870 bits per heavy atom. The number of quaternary nitrogens is 1. The third kappa shape index (κ3) is 2.52. The lowest BCUT2D eigenvalue weighted by molar-refractivity contribution is -0.00000434. The third-order valence-electron chi connectivity index (χ3n) is 3.48. The second-order valence-electron chi connectivity index (χ2n) is 4.75. The van der Waals surface area contributed by atoms with Crippen molar-refractivity contribution < 1.29 is 17.0 Å². The predicted molar refractivity (Wildman–Crippen MR) is 87.8 cm³/mol. The van der Waals surface area contributed by atoms with E-state index >= 15 is 0 Å². The zero-order valence-corrected chi connectivity index (χ0v) is 14.4. The van der Waals surface area contributed by atoms with E-state index in [1.54, 1.807) is 6.20 Å². The van der Waals surface area contributed by atoms with Gasteiger partial charge in [-0.25, -0.2) is 0 Å². The van der Waals surface area contributed by atoms with E-state index in [0.29, 0.717) is 0 Å². The maximum absolute atomic E-state index is 4.48. The summed E-state index contributed by atoms with van der Waals surface area (Å²) in [6.07, 6.45) is 1.78.